The molecule has 0 amide bonds. The summed E-state index contributed by atoms with van der Waals surface area (Å²) in [6.07, 6.45) is 13.1. The molecule has 3 rings (SSSR count). The van der Waals surface area contributed by atoms with Crippen LogP contribution in [0.25, 0.3) is 11.0 Å². The van der Waals surface area contributed by atoms with Gasteiger partial charge in [-0.1, -0.05) is 32.1 Å². The lowest BCUT2D eigenvalue weighted by Gasteiger charge is -2.33. The molecule has 2 heterocycles. The Labute approximate surface area is 120 Å². The quantitative estimate of drug-likeness (QED) is 0.921. The molecule has 0 bridgehead atoms. The Morgan fingerprint density at radius 1 is 1.15 bits per heavy atom. The summed E-state index contributed by atoms with van der Waals surface area (Å²) in [7, 11) is 0. The molecule has 0 spiro atoms. The van der Waals surface area contributed by atoms with Crippen molar-refractivity contribution in [2.24, 2.45) is 0 Å². The number of hydrogen-bond acceptors (Lipinski definition) is 3. The average Bonchev–Trinajstić information content (AvgIpc) is 2.90. The Balaban J connectivity index is 1.89. The zero-order chi connectivity index (χ0) is 13.8. The van der Waals surface area contributed by atoms with Crippen molar-refractivity contribution in [1.82, 2.24) is 15.0 Å². The van der Waals surface area contributed by atoms with E-state index in [1.807, 2.05) is 6.20 Å². The van der Waals surface area contributed by atoms with Crippen LogP contribution in [0.15, 0.2) is 18.6 Å². The predicted octanol–water partition coefficient (Wildman–Crippen LogP) is 3.90. The van der Waals surface area contributed by atoms with Gasteiger partial charge in [0.25, 0.3) is 0 Å². The molecule has 0 radical (unpaired) electrons. The molecule has 1 saturated carbocycles. The van der Waals surface area contributed by atoms with Crippen molar-refractivity contribution in [2.45, 2.75) is 57.9 Å². The van der Waals surface area contributed by atoms with Gasteiger partial charge in [-0.25, -0.2) is 9.97 Å². The van der Waals surface area contributed by atoms with Gasteiger partial charge in [0, 0.05) is 18.8 Å². The molecule has 20 heavy (non-hydrogen) atoms. The fraction of sp³-hybridized carbons (Fsp3) is 0.625. The highest BCUT2D eigenvalue weighted by Crippen LogP contribution is 2.28. The number of nitrogens with one attached hydrogen (secondary N) is 1. The van der Waals surface area contributed by atoms with Gasteiger partial charge in [-0.2, -0.15) is 0 Å². The van der Waals surface area contributed by atoms with Crippen molar-refractivity contribution in [1.29, 1.82) is 0 Å². The van der Waals surface area contributed by atoms with Crippen LogP contribution in [0.3, 0.4) is 0 Å². The van der Waals surface area contributed by atoms with Crippen LogP contribution < -0.4 is 4.90 Å². The van der Waals surface area contributed by atoms with Crippen molar-refractivity contribution in [2.75, 3.05) is 11.4 Å². The summed E-state index contributed by atoms with van der Waals surface area (Å²) in [5, 5.41) is 1.15. The summed E-state index contributed by atoms with van der Waals surface area (Å²) in [6, 6.07) is 2.73. The number of H-pyrrole nitrogens is 1. The van der Waals surface area contributed by atoms with Crippen molar-refractivity contribution in [3.63, 3.8) is 0 Å². The molecule has 1 aliphatic rings. The molecule has 0 aromatic carbocycles. The summed E-state index contributed by atoms with van der Waals surface area (Å²) in [4.78, 5) is 14.6. The Hall–Kier alpha value is -1.58. The van der Waals surface area contributed by atoms with E-state index in [1.54, 1.807) is 6.33 Å². The van der Waals surface area contributed by atoms with E-state index in [9.17, 15) is 0 Å². The molecule has 0 atom stereocenters. The zero-order valence-electron chi connectivity index (χ0n) is 12.3. The summed E-state index contributed by atoms with van der Waals surface area (Å²) in [5.41, 5.74) is 0.944. The van der Waals surface area contributed by atoms with Crippen LogP contribution in [0.4, 0.5) is 5.82 Å². The van der Waals surface area contributed by atoms with Gasteiger partial charge in [0.2, 0.25) is 0 Å². The first kappa shape index (κ1) is 13.4. The minimum Gasteiger partial charge on any atom is -0.353 e. The molecule has 1 N–H and O–H groups in total. The van der Waals surface area contributed by atoms with Crippen LogP contribution in [-0.4, -0.2) is 27.5 Å². The van der Waals surface area contributed by atoms with Gasteiger partial charge in [-0.15, -0.1) is 0 Å². The Morgan fingerprint density at radius 3 is 2.65 bits per heavy atom. The van der Waals surface area contributed by atoms with Crippen molar-refractivity contribution < 1.29 is 0 Å². The standard InChI is InChI=1S/C16H24N4/c1-2-20(13-8-6-4-3-5-7-9-13)16-14-10-11-17-15(14)18-12-19-16/h10-13H,2-9H2,1H3,(H,17,18,19). The van der Waals surface area contributed by atoms with Gasteiger partial charge < -0.3 is 9.88 Å². The average molecular weight is 272 g/mol. The van der Waals surface area contributed by atoms with Gasteiger partial charge in [0.05, 0.1) is 5.39 Å². The van der Waals surface area contributed by atoms with E-state index < -0.39 is 0 Å². The first-order valence-corrected chi connectivity index (χ1v) is 7.95. The van der Waals surface area contributed by atoms with Crippen LogP contribution in [-0.2, 0) is 0 Å². The Morgan fingerprint density at radius 2 is 1.90 bits per heavy atom. The van der Waals surface area contributed by atoms with E-state index in [0.29, 0.717) is 6.04 Å². The second kappa shape index (κ2) is 6.25. The molecular formula is C16H24N4. The summed E-state index contributed by atoms with van der Waals surface area (Å²) in [5.74, 6) is 1.10. The van der Waals surface area contributed by atoms with E-state index in [0.717, 1.165) is 23.4 Å². The highest BCUT2D eigenvalue weighted by molar-refractivity contribution is 5.87. The Bertz CT molecular complexity index is 540. The normalized spacial score (nSPS) is 17.9. The largest absolute Gasteiger partial charge is 0.353 e. The molecule has 2 aromatic rings. The molecule has 0 saturated heterocycles. The molecule has 4 heteroatoms. The molecule has 0 unspecified atom stereocenters. The third-order valence-electron chi connectivity index (χ3n) is 4.46. The van der Waals surface area contributed by atoms with Gasteiger partial charge in [-0.05, 0) is 25.8 Å². The van der Waals surface area contributed by atoms with Crippen molar-refractivity contribution in [3.05, 3.63) is 18.6 Å². The van der Waals surface area contributed by atoms with Crippen LogP contribution in [0.1, 0.15) is 51.9 Å². The first-order chi connectivity index (χ1) is 9.90. The number of nitrogens with zero attached hydrogens (tertiary/aromatic N) is 3. The molecular weight excluding hydrogens is 248 g/mol. The zero-order valence-corrected chi connectivity index (χ0v) is 12.3. The van der Waals surface area contributed by atoms with Crippen LogP contribution in [0.5, 0.6) is 0 Å². The van der Waals surface area contributed by atoms with Crippen molar-refractivity contribution >= 4 is 16.9 Å². The van der Waals surface area contributed by atoms with Crippen LogP contribution >= 0.6 is 0 Å². The summed E-state index contributed by atoms with van der Waals surface area (Å²) < 4.78 is 0. The van der Waals surface area contributed by atoms with E-state index in [2.05, 4.69) is 32.8 Å². The minimum atomic E-state index is 0.633. The van der Waals surface area contributed by atoms with Crippen LogP contribution in [0.2, 0.25) is 0 Å². The fourth-order valence-corrected chi connectivity index (χ4v) is 3.41. The lowest BCUT2D eigenvalue weighted by Crippen LogP contribution is -2.36. The maximum atomic E-state index is 4.57. The predicted molar refractivity (Wildman–Crippen MR) is 83.0 cm³/mol. The van der Waals surface area contributed by atoms with Crippen LogP contribution in [0, 0.1) is 0 Å². The monoisotopic (exact) mass is 272 g/mol. The topological polar surface area (TPSA) is 44.8 Å². The minimum absolute atomic E-state index is 0.633. The van der Waals surface area contributed by atoms with Gasteiger partial charge in [0.1, 0.15) is 17.8 Å². The molecule has 2 aromatic heterocycles. The fourth-order valence-electron chi connectivity index (χ4n) is 3.41. The lowest BCUT2D eigenvalue weighted by molar-refractivity contribution is 0.431. The molecule has 108 valence electrons. The molecule has 1 aliphatic carbocycles. The number of hydrogen-bond donors (Lipinski definition) is 1. The highest BCUT2D eigenvalue weighted by Gasteiger charge is 2.21. The Kier molecular flexibility index (Phi) is 4.19. The van der Waals surface area contributed by atoms with Gasteiger partial charge >= 0.3 is 0 Å². The van der Waals surface area contributed by atoms with E-state index in [-0.39, 0.29) is 0 Å². The van der Waals surface area contributed by atoms with E-state index in [4.69, 9.17) is 0 Å². The first-order valence-electron chi connectivity index (χ1n) is 7.95. The number of aromatic nitrogens is 3. The number of fused-ring (bicyclic) bond motifs is 1. The van der Waals surface area contributed by atoms with Crippen molar-refractivity contribution in [3.8, 4) is 0 Å². The maximum Gasteiger partial charge on any atom is 0.142 e. The van der Waals surface area contributed by atoms with Gasteiger partial charge in [-0.3, -0.25) is 0 Å². The molecule has 0 aliphatic heterocycles. The van der Waals surface area contributed by atoms with E-state index in [1.165, 1.54) is 44.9 Å². The van der Waals surface area contributed by atoms with Gasteiger partial charge in [0.15, 0.2) is 0 Å². The van der Waals surface area contributed by atoms with E-state index >= 15 is 0 Å². The molecule has 1 fully saturated rings. The smallest absolute Gasteiger partial charge is 0.142 e. The third kappa shape index (κ3) is 2.65. The number of anilines is 1. The maximum absolute atomic E-state index is 4.57. The second-order valence-corrected chi connectivity index (χ2v) is 5.72. The number of rotatable bonds is 3. The SMILES string of the molecule is CCN(c1ncnc2[nH]ccc12)C1CCCCCCC1. The third-order valence-corrected chi connectivity index (χ3v) is 4.46. The second-order valence-electron chi connectivity index (χ2n) is 5.72. The lowest BCUT2D eigenvalue weighted by atomic mass is 9.95. The summed E-state index contributed by atoms with van der Waals surface area (Å²) in [6.45, 7) is 3.25. The number of aromatic amines is 1. The highest BCUT2D eigenvalue weighted by atomic mass is 15.2. The molecule has 4 nitrogen and oxygen atoms in total. The summed E-state index contributed by atoms with van der Waals surface area (Å²) >= 11 is 0.